The molecule has 1 rings (SSSR count). The molecule has 0 amide bonds. The lowest BCUT2D eigenvalue weighted by Gasteiger charge is -2.21. The highest BCUT2D eigenvalue weighted by Crippen LogP contribution is 2.29. The van der Waals surface area contributed by atoms with Crippen molar-refractivity contribution in [2.75, 3.05) is 18.1 Å². The van der Waals surface area contributed by atoms with Crippen molar-refractivity contribution in [3.05, 3.63) is 0 Å². The van der Waals surface area contributed by atoms with Gasteiger partial charge in [-0.25, -0.2) is 8.42 Å². The van der Waals surface area contributed by atoms with Crippen LogP contribution in [0.1, 0.15) is 26.7 Å². The van der Waals surface area contributed by atoms with Crippen molar-refractivity contribution in [2.45, 2.75) is 26.7 Å². The normalized spacial score (nSPS) is 28.1. The van der Waals surface area contributed by atoms with Crippen LogP contribution in [-0.4, -0.2) is 31.6 Å². The maximum absolute atomic E-state index is 11.3. The van der Waals surface area contributed by atoms with Gasteiger partial charge in [0.05, 0.1) is 11.5 Å². The van der Waals surface area contributed by atoms with Gasteiger partial charge in [-0.3, -0.25) is 0 Å². The fraction of sp³-hybridized carbons (Fsp3) is 1.00. The Morgan fingerprint density at radius 2 is 2.07 bits per heavy atom. The van der Waals surface area contributed by atoms with E-state index in [-0.39, 0.29) is 24.2 Å². The zero-order chi connectivity index (χ0) is 10.8. The van der Waals surface area contributed by atoms with E-state index in [1.165, 1.54) is 0 Å². The Labute approximate surface area is 86.4 Å². The molecule has 2 atom stereocenters. The average Bonchev–Trinajstić information content (AvgIpc) is 2.41. The molecule has 0 aliphatic carbocycles. The molecule has 3 nitrogen and oxygen atoms in total. The molecule has 0 spiro atoms. The lowest BCUT2D eigenvalue weighted by molar-refractivity contribution is 0.163. The van der Waals surface area contributed by atoms with Crippen molar-refractivity contribution in [1.82, 2.24) is 0 Å². The molecule has 0 radical (unpaired) electrons. The zero-order valence-corrected chi connectivity index (χ0v) is 9.76. The molecule has 1 saturated heterocycles. The molecule has 4 heteroatoms. The van der Waals surface area contributed by atoms with E-state index < -0.39 is 9.84 Å². The van der Waals surface area contributed by atoms with Crippen LogP contribution in [0.2, 0.25) is 0 Å². The van der Waals surface area contributed by atoms with Crippen LogP contribution in [0.15, 0.2) is 0 Å². The first-order chi connectivity index (χ1) is 6.44. The fourth-order valence-electron chi connectivity index (χ4n) is 2.22. The second-order valence-electron chi connectivity index (χ2n) is 4.74. The number of hydrogen-bond donors (Lipinski definition) is 1. The SMILES string of the molecule is CC(C)CC(CO)C1CCS(=O)(=O)C1. The summed E-state index contributed by atoms with van der Waals surface area (Å²) < 4.78 is 22.5. The predicted molar refractivity (Wildman–Crippen MR) is 56.8 cm³/mol. The van der Waals surface area contributed by atoms with Gasteiger partial charge >= 0.3 is 0 Å². The minimum atomic E-state index is -2.80. The summed E-state index contributed by atoms with van der Waals surface area (Å²) in [6.45, 7) is 4.33. The van der Waals surface area contributed by atoms with E-state index >= 15 is 0 Å². The van der Waals surface area contributed by atoms with Crippen molar-refractivity contribution < 1.29 is 13.5 Å². The van der Waals surface area contributed by atoms with Gasteiger partial charge in [0, 0.05) is 6.61 Å². The summed E-state index contributed by atoms with van der Waals surface area (Å²) in [5.41, 5.74) is 0. The molecule has 14 heavy (non-hydrogen) atoms. The first-order valence-corrected chi connectivity index (χ1v) is 7.08. The van der Waals surface area contributed by atoms with E-state index in [4.69, 9.17) is 0 Å². The van der Waals surface area contributed by atoms with Crippen LogP contribution in [0.25, 0.3) is 0 Å². The van der Waals surface area contributed by atoms with E-state index in [2.05, 4.69) is 13.8 Å². The van der Waals surface area contributed by atoms with E-state index in [0.717, 1.165) is 12.8 Å². The topological polar surface area (TPSA) is 54.4 Å². The van der Waals surface area contributed by atoms with Gasteiger partial charge in [-0.05, 0) is 30.6 Å². The molecule has 0 aromatic carbocycles. The molecule has 0 aromatic heterocycles. The average molecular weight is 220 g/mol. The first kappa shape index (κ1) is 12.0. The summed E-state index contributed by atoms with van der Waals surface area (Å²) in [6, 6.07) is 0. The van der Waals surface area contributed by atoms with Crippen molar-refractivity contribution in [3.8, 4) is 0 Å². The third-order valence-corrected chi connectivity index (χ3v) is 4.74. The molecule has 0 bridgehead atoms. The summed E-state index contributed by atoms with van der Waals surface area (Å²) in [6.07, 6.45) is 1.66. The van der Waals surface area contributed by atoms with Gasteiger partial charge in [0.2, 0.25) is 0 Å². The second kappa shape index (κ2) is 4.62. The van der Waals surface area contributed by atoms with Crippen LogP contribution in [0, 0.1) is 17.8 Å². The highest BCUT2D eigenvalue weighted by molar-refractivity contribution is 7.91. The summed E-state index contributed by atoms with van der Waals surface area (Å²) >= 11 is 0. The van der Waals surface area contributed by atoms with Crippen LogP contribution < -0.4 is 0 Å². The largest absolute Gasteiger partial charge is 0.396 e. The van der Waals surface area contributed by atoms with E-state index in [1.54, 1.807) is 0 Å². The van der Waals surface area contributed by atoms with E-state index in [0.29, 0.717) is 11.7 Å². The molecule has 1 heterocycles. The lowest BCUT2D eigenvalue weighted by Crippen LogP contribution is -2.21. The van der Waals surface area contributed by atoms with Gasteiger partial charge in [-0.2, -0.15) is 0 Å². The van der Waals surface area contributed by atoms with E-state index in [9.17, 15) is 13.5 Å². The van der Waals surface area contributed by atoms with Crippen LogP contribution in [0.4, 0.5) is 0 Å². The lowest BCUT2D eigenvalue weighted by atomic mass is 9.86. The smallest absolute Gasteiger partial charge is 0.150 e. The van der Waals surface area contributed by atoms with Crippen molar-refractivity contribution >= 4 is 9.84 Å². The van der Waals surface area contributed by atoms with Gasteiger partial charge in [0.25, 0.3) is 0 Å². The Morgan fingerprint density at radius 3 is 2.43 bits per heavy atom. The Morgan fingerprint density at radius 1 is 1.43 bits per heavy atom. The van der Waals surface area contributed by atoms with Crippen LogP contribution in [-0.2, 0) is 9.84 Å². The highest BCUT2D eigenvalue weighted by atomic mass is 32.2. The molecule has 0 saturated carbocycles. The van der Waals surface area contributed by atoms with Crippen LogP contribution in [0.5, 0.6) is 0 Å². The summed E-state index contributed by atoms with van der Waals surface area (Å²) in [4.78, 5) is 0. The Hall–Kier alpha value is -0.0900. The first-order valence-electron chi connectivity index (χ1n) is 5.26. The maximum Gasteiger partial charge on any atom is 0.150 e. The summed E-state index contributed by atoms with van der Waals surface area (Å²) in [5, 5.41) is 9.21. The molecule has 1 N–H and O–H groups in total. The Balaban J connectivity index is 2.55. The number of rotatable bonds is 4. The summed E-state index contributed by atoms with van der Waals surface area (Å²) in [7, 11) is -2.80. The molecule has 1 aliphatic rings. The van der Waals surface area contributed by atoms with Crippen LogP contribution in [0.3, 0.4) is 0 Å². The van der Waals surface area contributed by atoms with Gasteiger partial charge in [-0.1, -0.05) is 13.8 Å². The quantitative estimate of drug-likeness (QED) is 0.771. The van der Waals surface area contributed by atoms with Crippen molar-refractivity contribution in [2.24, 2.45) is 17.8 Å². The van der Waals surface area contributed by atoms with Crippen molar-refractivity contribution in [3.63, 3.8) is 0 Å². The molecular formula is C10H20O3S. The van der Waals surface area contributed by atoms with Crippen molar-refractivity contribution in [1.29, 1.82) is 0 Å². The fourth-order valence-corrected chi connectivity index (χ4v) is 4.14. The monoisotopic (exact) mass is 220 g/mol. The molecule has 1 fully saturated rings. The number of aliphatic hydroxyl groups is 1. The van der Waals surface area contributed by atoms with Gasteiger partial charge in [-0.15, -0.1) is 0 Å². The Bertz CT molecular complexity index is 269. The Kier molecular flexibility index (Phi) is 3.95. The summed E-state index contributed by atoms with van der Waals surface area (Å²) in [5.74, 6) is 1.48. The van der Waals surface area contributed by atoms with Gasteiger partial charge < -0.3 is 5.11 Å². The third-order valence-electron chi connectivity index (χ3n) is 2.94. The second-order valence-corrected chi connectivity index (χ2v) is 6.96. The minimum Gasteiger partial charge on any atom is -0.396 e. The minimum absolute atomic E-state index is 0.123. The number of hydrogen-bond acceptors (Lipinski definition) is 3. The van der Waals surface area contributed by atoms with Gasteiger partial charge in [0.1, 0.15) is 0 Å². The maximum atomic E-state index is 11.3. The highest BCUT2D eigenvalue weighted by Gasteiger charge is 2.33. The van der Waals surface area contributed by atoms with E-state index in [1.807, 2.05) is 0 Å². The standard InChI is InChI=1S/C10H20O3S/c1-8(2)5-10(6-11)9-3-4-14(12,13)7-9/h8-11H,3-7H2,1-2H3. The molecular weight excluding hydrogens is 200 g/mol. The number of aliphatic hydroxyl groups excluding tert-OH is 1. The molecule has 84 valence electrons. The zero-order valence-electron chi connectivity index (χ0n) is 8.94. The molecule has 1 aliphatic heterocycles. The number of sulfone groups is 1. The predicted octanol–water partition coefficient (Wildman–Crippen LogP) is 1.08. The van der Waals surface area contributed by atoms with Gasteiger partial charge in [0.15, 0.2) is 9.84 Å². The van der Waals surface area contributed by atoms with Crippen LogP contribution >= 0.6 is 0 Å². The molecule has 2 unspecified atom stereocenters. The third kappa shape index (κ3) is 3.24. The molecule has 0 aromatic rings.